The summed E-state index contributed by atoms with van der Waals surface area (Å²) >= 11 is 3.44. The first-order valence-corrected chi connectivity index (χ1v) is 5.95. The van der Waals surface area contributed by atoms with Crippen LogP contribution in [0.15, 0.2) is 47.2 Å². The minimum Gasteiger partial charge on any atom is -0.381 e. The van der Waals surface area contributed by atoms with Crippen LogP contribution in [0.4, 0.5) is 5.69 Å². The SMILES string of the molecule is Cc1ccccc1NCc1cccnc1Br. The number of aromatic nitrogens is 1. The number of nitrogens with one attached hydrogen (secondary N) is 1. The van der Waals surface area contributed by atoms with E-state index >= 15 is 0 Å². The van der Waals surface area contributed by atoms with Crippen LogP contribution < -0.4 is 5.32 Å². The molecule has 1 aromatic carbocycles. The Morgan fingerprint density at radius 1 is 1.19 bits per heavy atom. The molecule has 0 aliphatic rings. The molecule has 0 radical (unpaired) electrons. The van der Waals surface area contributed by atoms with Crippen LogP contribution in [0.5, 0.6) is 0 Å². The van der Waals surface area contributed by atoms with E-state index < -0.39 is 0 Å². The lowest BCUT2D eigenvalue weighted by Crippen LogP contribution is -2.02. The molecule has 2 nitrogen and oxygen atoms in total. The highest BCUT2D eigenvalue weighted by Crippen LogP contribution is 2.17. The average molecular weight is 277 g/mol. The highest BCUT2D eigenvalue weighted by atomic mass is 79.9. The number of hydrogen-bond acceptors (Lipinski definition) is 2. The molecule has 3 heteroatoms. The topological polar surface area (TPSA) is 24.9 Å². The van der Waals surface area contributed by atoms with Gasteiger partial charge in [-0.2, -0.15) is 0 Å². The van der Waals surface area contributed by atoms with Crippen molar-refractivity contribution >= 4 is 21.6 Å². The molecule has 0 amide bonds. The summed E-state index contributed by atoms with van der Waals surface area (Å²) in [6.45, 7) is 2.87. The molecule has 1 N–H and O–H groups in total. The van der Waals surface area contributed by atoms with Crippen molar-refractivity contribution in [2.75, 3.05) is 5.32 Å². The molecule has 0 saturated carbocycles. The van der Waals surface area contributed by atoms with Gasteiger partial charge in [-0.1, -0.05) is 24.3 Å². The molecule has 0 bridgehead atoms. The van der Waals surface area contributed by atoms with Crippen molar-refractivity contribution in [3.8, 4) is 0 Å². The van der Waals surface area contributed by atoms with E-state index in [2.05, 4.69) is 51.4 Å². The van der Waals surface area contributed by atoms with Crippen LogP contribution in [0, 0.1) is 6.92 Å². The molecule has 2 rings (SSSR count). The van der Waals surface area contributed by atoms with E-state index in [0.717, 1.165) is 16.7 Å². The summed E-state index contributed by atoms with van der Waals surface area (Å²) in [6, 6.07) is 12.3. The third-order valence-corrected chi connectivity index (χ3v) is 3.16. The summed E-state index contributed by atoms with van der Waals surface area (Å²) in [4.78, 5) is 4.19. The molecule has 0 aliphatic carbocycles. The van der Waals surface area contributed by atoms with Crippen molar-refractivity contribution in [3.05, 3.63) is 58.3 Å². The van der Waals surface area contributed by atoms with E-state index in [-0.39, 0.29) is 0 Å². The van der Waals surface area contributed by atoms with Gasteiger partial charge < -0.3 is 5.32 Å². The number of halogens is 1. The zero-order valence-corrected chi connectivity index (χ0v) is 10.7. The summed E-state index contributed by atoms with van der Waals surface area (Å²) in [5.41, 5.74) is 3.58. The number of anilines is 1. The van der Waals surface area contributed by atoms with Crippen LogP contribution >= 0.6 is 15.9 Å². The molecule has 82 valence electrons. The lowest BCUT2D eigenvalue weighted by molar-refractivity contribution is 1.08. The minimum atomic E-state index is 0.777. The molecule has 2 aromatic rings. The van der Waals surface area contributed by atoms with Crippen molar-refractivity contribution in [2.45, 2.75) is 13.5 Å². The molecule has 0 spiro atoms. The summed E-state index contributed by atoms with van der Waals surface area (Å²) in [5.74, 6) is 0. The van der Waals surface area contributed by atoms with Gasteiger partial charge in [-0.25, -0.2) is 4.98 Å². The number of pyridine rings is 1. The second-order valence-corrected chi connectivity index (χ2v) is 4.37. The molecule has 0 saturated heterocycles. The predicted molar refractivity (Wildman–Crippen MR) is 70.4 cm³/mol. The molecular weight excluding hydrogens is 264 g/mol. The summed E-state index contributed by atoms with van der Waals surface area (Å²) < 4.78 is 0.899. The predicted octanol–water partition coefficient (Wildman–Crippen LogP) is 3.76. The summed E-state index contributed by atoms with van der Waals surface area (Å²) in [6.07, 6.45) is 1.78. The Kier molecular flexibility index (Phi) is 3.57. The molecule has 0 atom stereocenters. The monoisotopic (exact) mass is 276 g/mol. The van der Waals surface area contributed by atoms with E-state index in [1.165, 1.54) is 11.3 Å². The number of benzene rings is 1. The first kappa shape index (κ1) is 11.1. The van der Waals surface area contributed by atoms with Gasteiger partial charge in [0.25, 0.3) is 0 Å². The standard InChI is InChI=1S/C13H13BrN2/c1-10-5-2-3-7-12(10)16-9-11-6-4-8-15-13(11)14/h2-8,16H,9H2,1H3. The van der Waals surface area contributed by atoms with Crippen LogP contribution in [0.2, 0.25) is 0 Å². The van der Waals surface area contributed by atoms with Crippen molar-refractivity contribution < 1.29 is 0 Å². The average Bonchev–Trinajstić information content (AvgIpc) is 2.30. The second kappa shape index (κ2) is 5.12. The van der Waals surface area contributed by atoms with Gasteiger partial charge in [-0.05, 0) is 40.5 Å². The molecule has 1 aromatic heterocycles. The van der Waals surface area contributed by atoms with Crippen molar-refractivity contribution in [2.24, 2.45) is 0 Å². The van der Waals surface area contributed by atoms with Gasteiger partial charge in [0.2, 0.25) is 0 Å². The van der Waals surface area contributed by atoms with Gasteiger partial charge >= 0.3 is 0 Å². The molecule has 16 heavy (non-hydrogen) atoms. The van der Waals surface area contributed by atoms with Crippen LogP contribution in [-0.4, -0.2) is 4.98 Å². The summed E-state index contributed by atoms with van der Waals surface area (Å²) in [5, 5.41) is 3.40. The van der Waals surface area contributed by atoms with E-state index in [4.69, 9.17) is 0 Å². The molecule has 0 fully saturated rings. The Labute approximate surface area is 104 Å². The van der Waals surface area contributed by atoms with Crippen molar-refractivity contribution in [1.82, 2.24) is 4.98 Å². The van der Waals surface area contributed by atoms with Crippen LogP contribution in [0.25, 0.3) is 0 Å². The van der Waals surface area contributed by atoms with Crippen molar-refractivity contribution in [3.63, 3.8) is 0 Å². The van der Waals surface area contributed by atoms with Crippen LogP contribution in [0.1, 0.15) is 11.1 Å². The lowest BCUT2D eigenvalue weighted by atomic mass is 10.2. The third-order valence-electron chi connectivity index (χ3n) is 2.45. The van der Waals surface area contributed by atoms with Gasteiger partial charge in [0.1, 0.15) is 4.60 Å². The Balaban J connectivity index is 2.09. The Hall–Kier alpha value is -1.35. The molecule has 0 aliphatic heterocycles. The van der Waals surface area contributed by atoms with Gasteiger partial charge in [0.15, 0.2) is 0 Å². The van der Waals surface area contributed by atoms with Crippen LogP contribution in [0.3, 0.4) is 0 Å². The van der Waals surface area contributed by atoms with E-state index in [1.807, 2.05) is 18.2 Å². The number of hydrogen-bond donors (Lipinski definition) is 1. The van der Waals surface area contributed by atoms with Gasteiger partial charge in [-0.3, -0.25) is 0 Å². The second-order valence-electron chi connectivity index (χ2n) is 3.62. The largest absolute Gasteiger partial charge is 0.381 e. The fraction of sp³-hybridized carbons (Fsp3) is 0.154. The van der Waals surface area contributed by atoms with E-state index in [0.29, 0.717) is 0 Å². The number of rotatable bonds is 3. The number of aryl methyl sites for hydroxylation is 1. The minimum absolute atomic E-state index is 0.777. The Morgan fingerprint density at radius 3 is 2.75 bits per heavy atom. The fourth-order valence-corrected chi connectivity index (χ4v) is 1.90. The molecular formula is C13H13BrN2. The van der Waals surface area contributed by atoms with Gasteiger partial charge in [0, 0.05) is 24.0 Å². The van der Waals surface area contributed by atoms with Gasteiger partial charge in [0.05, 0.1) is 0 Å². The molecule has 1 heterocycles. The number of nitrogens with zero attached hydrogens (tertiary/aromatic N) is 1. The fourth-order valence-electron chi connectivity index (χ4n) is 1.51. The van der Waals surface area contributed by atoms with E-state index in [9.17, 15) is 0 Å². The zero-order chi connectivity index (χ0) is 11.4. The molecule has 0 unspecified atom stereocenters. The number of para-hydroxylation sites is 1. The summed E-state index contributed by atoms with van der Waals surface area (Å²) in [7, 11) is 0. The first-order valence-electron chi connectivity index (χ1n) is 5.16. The smallest absolute Gasteiger partial charge is 0.111 e. The maximum atomic E-state index is 4.19. The first-order chi connectivity index (χ1) is 7.77. The van der Waals surface area contributed by atoms with Crippen molar-refractivity contribution in [1.29, 1.82) is 0 Å². The Bertz CT molecular complexity index is 437. The van der Waals surface area contributed by atoms with Gasteiger partial charge in [-0.15, -0.1) is 0 Å². The van der Waals surface area contributed by atoms with Crippen LogP contribution in [-0.2, 0) is 6.54 Å². The maximum absolute atomic E-state index is 4.19. The highest BCUT2D eigenvalue weighted by molar-refractivity contribution is 9.10. The highest BCUT2D eigenvalue weighted by Gasteiger charge is 2.00. The van der Waals surface area contributed by atoms with E-state index in [1.54, 1.807) is 6.20 Å². The lowest BCUT2D eigenvalue weighted by Gasteiger charge is -2.09. The maximum Gasteiger partial charge on any atom is 0.111 e. The third kappa shape index (κ3) is 2.61. The quantitative estimate of drug-likeness (QED) is 0.864. The Morgan fingerprint density at radius 2 is 2.00 bits per heavy atom. The zero-order valence-electron chi connectivity index (χ0n) is 9.07. The normalized spacial score (nSPS) is 10.1.